The molecule has 0 spiro atoms. The maximum atomic E-state index is 12.0. The van der Waals surface area contributed by atoms with Crippen molar-refractivity contribution in [1.82, 2.24) is 10.0 Å². The summed E-state index contributed by atoms with van der Waals surface area (Å²) < 4.78 is 26.4. The van der Waals surface area contributed by atoms with E-state index in [0.29, 0.717) is 12.5 Å². The molecule has 0 saturated heterocycles. The lowest BCUT2D eigenvalue weighted by atomic mass is 10.3. The summed E-state index contributed by atoms with van der Waals surface area (Å²) >= 11 is 0. The second-order valence-electron chi connectivity index (χ2n) is 4.89. The van der Waals surface area contributed by atoms with Crippen molar-refractivity contribution in [2.45, 2.75) is 30.2 Å². The second-order valence-corrected chi connectivity index (χ2v) is 6.65. The Bertz CT molecular complexity index is 628. The van der Waals surface area contributed by atoms with E-state index in [1.54, 1.807) is 0 Å². The molecule has 1 aromatic carbocycles. The lowest BCUT2D eigenvalue weighted by Gasteiger charge is -2.07. The molecule has 0 aromatic heterocycles. The number of hydrogen-bond acceptors (Lipinski definition) is 6. The van der Waals surface area contributed by atoms with Gasteiger partial charge in [-0.1, -0.05) is 0 Å². The van der Waals surface area contributed by atoms with Gasteiger partial charge in [-0.05, 0) is 37.9 Å². The number of phenolic OH excluding ortho intramolecular Hbond substituents is 1. The quantitative estimate of drug-likeness (QED) is 0.369. The summed E-state index contributed by atoms with van der Waals surface area (Å²) in [5.41, 5.74) is -0.631. The fraction of sp³-hybridized carbons (Fsp3) is 0.500. The van der Waals surface area contributed by atoms with Gasteiger partial charge in [0.1, 0.15) is 0 Å². The highest BCUT2D eigenvalue weighted by Crippen LogP contribution is 2.28. The molecule has 9 heteroatoms. The minimum atomic E-state index is -3.81. The average molecular weight is 315 g/mol. The SMILES string of the molecule is O=[N+]([O-])c1cc(S(=O)(=O)NCCCNC2CC2)ccc1O. The van der Waals surface area contributed by atoms with Gasteiger partial charge in [-0.3, -0.25) is 10.1 Å². The Morgan fingerprint density at radius 1 is 1.33 bits per heavy atom. The van der Waals surface area contributed by atoms with Crippen LogP contribution in [0.5, 0.6) is 5.75 Å². The van der Waals surface area contributed by atoms with Crippen molar-refractivity contribution in [2.24, 2.45) is 0 Å². The first-order valence-electron chi connectivity index (χ1n) is 6.60. The molecule has 8 nitrogen and oxygen atoms in total. The van der Waals surface area contributed by atoms with E-state index >= 15 is 0 Å². The second kappa shape index (κ2) is 6.37. The van der Waals surface area contributed by atoms with Crippen molar-refractivity contribution in [3.63, 3.8) is 0 Å². The molecule has 0 radical (unpaired) electrons. The number of hydrogen-bond donors (Lipinski definition) is 3. The number of benzene rings is 1. The van der Waals surface area contributed by atoms with Gasteiger partial charge in [0.15, 0.2) is 5.75 Å². The maximum absolute atomic E-state index is 12.0. The standard InChI is InChI=1S/C12H17N3O5S/c16-12-5-4-10(8-11(12)15(17)18)21(19,20)14-7-1-6-13-9-2-3-9/h4-5,8-9,13-14,16H,1-3,6-7H2. The van der Waals surface area contributed by atoms with Crippen molar-refractivity contribution >= 4 is 15.7 Å². The van der Waals surface area contributed by atoms with Crippen LogP contribution in [-0.2, 0) is 10.0 Å². The topological polar surface area (TPSA) is 122 Å². The number of sulfonamides is 1. The zero-order chi connectivity index (χ0) is 15.5. The predicted molar refractivity (Wildman–Crippen MR) is 75.6 cm³/mol. The highest BCUT2D eigenvalue weighted by Gasteiger charge is 2.21. The third-order valence-corrected chi connectivity index (χ3v) is 4.57. The van der Waals surface area contributed by atoms with Crippen LogP contribution >= 0.6 is 0 Å². The Balaban J connectivity index is 1.94. The third kappa shape index (κ3) is 4.38. The van der Waals surface area contributed by atoms with Crippen LogP contribution in [0.2, 0.25) is 0 Å². The van der Waals surface area contributed by atoms with Gasteiger partial charge in [0, 0.05) is 18.7 Å². The fourth-order valence-corrected chi connectivity index (χ4v) is 2.88. The molecule has 2 rings (SSSR count). The molecule has 0 aliphatic heterocycles. The molecule has 116 valence electrons. The normalized spacial score (nSPS) is 15.0. The molecule has 1 aliphatic rings. The Hall–Kier alpha value is -1.71. The number of nitro groups is 1. The summed E-state index contributed by atoms with van der Waals surface area (Å²) in [4.78, 5) is 9.63. The number of aromatic hydroxyl groups is 1. The van der Waals surface area contributed by atoms with Crippen LogP contribution in [-0.4, -0.2) is 37.6 Å². The van der Waals surface area contributed by atoms with Crippen molar-refractivity contribution in [3.05, 3.63) is 28.3 Å². The van der Waals surface area contributed by atoms with E-state index in [4.69, 9.17) is 0 Å². The molecule has 3 N–H and O–H groups in total. The van der Waals surface area contributed by atoms with E-state index in [1.807, 2.05) is 0 Å². The predicted octanol–water partition coefficient (Wildman–Crippen LogP) is 0.721. The molecule has 0 unspecified atom stereocenters. The first kappa shape index (κ1) is 15.7. The average Bonchev–Trinajstić information content (AvgIpc) is 3.22. The lowest BCUT2D eigenvalue weighted by Crippen LogP contribution is -2.28. The van der Waals surface area contributed by atoms with Crippen LogP contribution < -0.4 is 10.0 Å². The fourth-order valence-electron chi connectivity index (χ4n) is 1.79. The van der Waals surface area contributed by atoms with E-state index in [9.17, 15) is 23.6 Å². The monoisotopic (exact) mass is 315 g/mol. The number of phenols is 1. The van der Waals surface area contributed by atoms with Gasteiger partial charge < -0.3 is 10.4 Å². The smallest absolute Gasteiger partial charge is 0.312 e. The van der Waals surface area contributed by atoms with Crippen molar-refractivity contribution in [3.8, 4) is 5.75 Å². The van der Waals surface area contributed by atoms with E-state index in [0.717, 1.165) is 24.7 Å². The van der Waals surface area contributed by atoms with Gasteiger partial charge in [0.05, 0.1) is 9.82 Å². The number of nitro benzene ring substituents is 1. The van der Waals surface area contributed by atoms with Crippen LogP contribution in [0.25, 0.3) is 0 Å². The third-order valence-electron chi connectivity index (χ3n) is 3.11. The lowest BCUT2D eigenvalue weighted by molar-refractivity contribution is -0.386. The number of nitrogens with zero attached hydrogens (tertiary/aromatic N) is 1. The van der Waals surface area contributed by atoms with Crippen LogP contribution in [0.4, 0.5) is 5.69 Å². The molecular weight excluding hydrogens is 298 g/mol. The van der Waals surface area contributed by atoms with Gasteiger partial charge in [0.2, 0.25) is 10.0 Å². The molecule has 1 aromatic rings. The maximum Gasteiger partial charge on any atom is 0.312 e. The van der Waals surface area contributed by atoms with E-state index < -0.39 is 26.4 Å². The molecule has 0 atom stereocenters. The highest BCUT2D eigenvalue weighted by atomic mass is 32.2. The minimum Gasteiger partial charge on any atom is -0.502 e. The summed E-state index contributed by atoms with van der Waals surface area (Å²) in [6.07, 6.45) is 2.97. The van der Waals surface area contributed by atoms with E-state index in [2.05, 4.69) is 10.0 Å². The number of nitrogens with one attached hydrogen (secondary N) is 2. The summed E-state index contributed by atoms with van der Waals surface area (Å²) in [7, 11) is -3.81. The Morgan fingerprint density at radius 2 is 2.05 bits per heavy atom. The largest absolute Gasteiger partial charge is 0.502 e. The van der Waals surface area contributed by atoms with E-state index in [1.165, 1.54) is 12.8 Å². The molecule has 1 saturated carbocycles. The van der Waals surface area contributed by atoms with Gasteiger partial charge in [0.25, 0.3) is 0 Å². The first-order chi connectivity index (χ1) is 9.90. The first-order valence-corrected chi connectivity index (χ1v) is 8.09. The Kier molecular flexibility index (Phi) is 4.76. The van der Waals surface area contributed by atoms with Crippen LogP contribution in [0.3, 0.4) is 0 Å². The zero-order valence-corrected chi connectivity index (χ0v) is 12.1. The molecule has 0 heterocycles. The summed E-state index contributed by atoms with van der Waals surface area (Å²) in [6, 6.07) is 3.55. The van der Waals surface area contributed by atoms with Crippen molar-refractivity contribution < 1.29 is 18.4 Å². The van der Waals surface area contributed by atoms with Crippen LogP contribution in [0.15, 0.2) is 23.1 Å². The molecule has 21 heavy (non-hydrogen) atoms. The molecule has 0 bridgehead atoms. The van der Waals surface area contributed by atoms with E-state index in [-0.39, 0.29) is 11.4 Å². The Morgan fingerprint density at radius 3 is 2.67 bits per heavy atom. The van der Waals surface area contributed by atoms with Crippen molar-refractivity contribution in [1.29, 1.82) is 0 Å². The van der Waals surface area contributed by atoms with Crippen LogP contribution in [0, 0.1) is 10.1 Å². The van der Waals surface area contributed by atoms with Gasteiger partial charge in [-0.15, -0.1) is 0 Å². The highest BCUT2D eigenvalue weighted by molar-refractivity contribution is 7.89. The summed E-state index contributed by atoms with van der Waals surface area (Å²) in [5, 5.41) is 23.3. The molecule has 1 fully saturated rings. The number of rotatable bonds is 8. The molecule has 0 amide bonds. The zero-order valence-electron chi connectivity index (χ0n) is 11.3. The van der Waals surface area contributed by atoms with Crippen LogP contribution in [0.1, 0.15) is 19.3 Å². The van der Waals surface area contributed by atoms with Gasteiger partial charge in [-0.2, -0.15) is 0 Å². The Labute approximate surface area is 122 Å². The minimum absolute atomic E-state index is 0.234. The van der Waals surface area contributed by atoms with Crippen molar-refractivity contribution in [2.75, 3.05) is 13.1 Å². The van der Waals surface area contributed by atoms with Gasteiger partial charge in [-0.25, -0.2) is 13.1 Å². The van der Waals surface area contributed by atoms with Gasteiger partial charge >= 0.3 is 5.69 Å². The molecular formula is C12H17N3O5S. The summed E-state index contributed by atoms with van der Waals surface area (Å²) in [5.74, 6) is -0.562. The summed E-state index contributed by atoms with van der Waals surface area (Å²) in [6.45, 7) is 0.972. The molecule has 1 aliphatic carbocycles.